The molecule has 0 bridgehead atoms. The van der Waals surface area contributed by atoms with E-state index in [9.17, 15) is 15.2 Å². The number of quaternary nitrogens is 1. The van der Waals surface area contributed by atoms with Crippen LogP contribution in [-0.4, -0.2) is 74.6 Å². The first-order valence-electron chi connectivity index (χ1n) is 8.32. The summed E-state index contributed by atoms with van der Waals surface area (Å²) < 4.78 is 10.3. The molecule has 0 spiro atoms. The SMILES string of the molecule is COc1cc(C[NH+]2CCN(CCOCCO)CC2)cc([N+](=O)[O-])c1[O-]. The van der Waals surface area contributed by atoms with Gasteiger partial charge in [-0.1, -0.05) is 0 Å². The number of aliphatic hydroxyl groups is 1. The second kappa shape index (κ2) is 9.52. The van der Waals surface area contributed by atoms with Crippen LogP contribution < -0.4 is 14.7 Å². The minimum atomic E-state index is -0.682. The third-order valence-electron chi connectivity index (χ3n) is 4.32. The van der Waals surface area contributed by atoms with Gasteiger partial charge in [-0.3, -0.25) is 15.0 Å². The van der Waals surface area contributed by atoms with Crippen LogP contribution in [0.3, 0.4) is 0 Å². The smallest absolute Gasteiger partial charge is 0.265 e. The quantitative estimate of drug-likeness (QED) is 0.311. The van der Waals surface area contributed by atoms with Crippen molar-refractivity contribution in [2.45, 2.75) is 6.54 Å². The van der Waals surface area contributed by atoms with Gasteiger partial charge in [-0.15, -0.1) is 0 Å². The molecule has 1 aromatic carbocycles. The number of benzene rings is 1. The fraction of sp³-hybridized carbons (Fsp3) is 0.625. The van der Waals surface area contributed by atoms with Crippen LogP contribution in [0.25, 0.3) is 0 Å². The van der Waals surface area contributed by atoms with Crippen molar-refractivity contribution in [2.75, 3.05) is 59.7 Å². The Kier molecular flexibility index (Phi) is 7.38. The lowest BCUT2D eigenvalue weighted by atomic mass is 10.1. The summed E-state index contributed by atoms with van der Waals surface area (Å²) in [5.74, 6) is -0.665. The number of aliphatic hydroxyl groups excluding tert-OH is 1. The molecule has 9 heteroatoms. The zero-order chi connectivity index (χ0) is 18.2. The Morgan fingerprint density at radius 3 is 2.64 bits per heavy atom. The maximum absolute atomic E-state index is 11.9. The molecule has 0 atom stereocenters. The number of hydrogen-bond acceptors (Lipinski definition) is 7. The Labute approximate surface area is 146 Å². The minimum absolute atomic E-state index is 0.0169. The summed E-state index contributed by atoms with van der Waals surface area (Å²) in [6.07, 6.45) is 0. The average Bonchev–Trinajstić information content (AvgIpc) is 2.61. The van der Waals surface area contributed by atoms with Crippen LogP contribution in [0.5, 0.6) is 11.5 Å². The van der Waals surface area contributed by atoms with Gasteiger partial charge in [-0.25, -0.2) is 0 Å². The zero-order valence-electron chi connectivity index (χ0n) is 14.4. The van der Waals surface area contributed by atoms with Gasteiger partial charge < -0.3 is 24.6 Å². The molecule has 2 rings (SSSR count). The first kappa shape index (κ1) is 19.4. The summed E-state index contributed by atoms with van der Waals surface area (Å²) in [7, 11) is 1.34. The maximum Gasteiger partial charge on any atom is 0.265 e. The monoisotopic (exact) mass is 355 g/mol. The molecule has 0 amide bonds. The predicted octanol–water partition coefficient (Wildman–Crippen LogP) is -1.61. The Morgan fingerprint density at radius 1 is 1.32 bits per heavy atom. The molecule has 1 saturated heterocycles. The lowest BCUT2D eigenvalue weighted by Gasteiger charge is -2.32. The largest absolute Gasteiger partial charge is 0.865 e. The maximum atomic E-state index is 11.9. The van der Waals surface area contributed by atoms with E-state index in [0.717, 1.165) is 38.3 Å². The van der Waals surface area contributed by atoms with Gasteiger partial charge in [0.05, 0.1) is 44.9 Å². The third kappa shape index (κ3) is 5.53. The molecule has 0 saturated carbocycles. The number of nitro groups is 1. The van der Waals surface area contributed by atoms with E-state index in [2.05, 4.69) is 4.90 Å². The van der Waals surface area contributed by atoms with Crippen LogP contribution in [0.2, 0.25) is 0 Å². The Balaban J connectivity index is 1.89. The van der Waals surface area contributed by atoms with Crippen LogP contribution in [0, 0.1) is 10.1 Å². The molecule has 2 N–H and O–H groups in total. The van der Waals surface area contributed by atoms with E-state index >= 15 is 0 Å². The van der Waals surface area contributed by atoms with Gasteiger partial charge in [0.25, 0.3) is 5.69 Å². The number of ether oxygens (including phenoxy) is 2. The van der Waals surface area contributed by atoms with Gasteiger partial charge >= 0.3 is 0 Å². The first-order chi connectivity index (χ1) is 12.0. The first-order valence-corrected chi connectivity index (χ1v) is 8.32. The van der Waals surface area contributed by atoms with Crippen molar-refractivity contribution in [3.63, 3.8) is 0 Å². The molecule has 25 heavy (non-hydrogen) atoms. The van der Waals surface area contributed by atoms with Crippen molar-refractivity contribution in [3.8, 4) is 11.5 Å². The number of hydrogen-bond donors (Lipinski definition) is 2. The average molecular weight is 355 g/mol. The standard InChI is InChI=1S/C16H25N3O6/c1-24-15-11-13(10-14(16(15)21)19(22)23)12-18-4-2-17(3-5-18)6-8-25-9-7-20/h10-11,20-21H,2-9,12H2,1H3. The van der Waals surface area contributed by atoms with Gasteiger partial charge in [-0.2, -0.15) is 0 Å². The van der Waals surface area contributed by atoms with Gasteiger partial charge in [0.1, 0.15) is 12.3 Å². The van der Waals surface area contributed by atoms with Crippen molar-refractivity contribution in [3.05, 3.63) is 27.8 Å². The summed E-state index contributed by atoms with van der Waals surface area (Å²) in [5, 5.41) is 31.6. The van der Waals surface area contributed by atoms with E-state index in [1.54, 1.807) is 6.07 Å². The van der Waals surface area contributed by atoms with Crippen LogP contribution in [0.4, 0.5) is 5.69 Å². The number of piperazine rings is 1. The van der Waals surface area contributed by atoms with Gasteiger partial charge in [0.2, 0.25) is 0 Å². The van der Waals surface area contributed by atoms with E-state index in [0.29, 0.717) is 19.8 Å². The molecule has 1 heterocycles. The lowest BCUT2D eigenvalue weighted by Crippen LogP contribution is -3.13. The van der Waals surface area contributed by atoms with E-state index in [1.807, 2.05) is 0 Å². The van der Waals surface area contributed by atoms with Crippen molar-refractivity contribution in [1.82, 2.24) is 4.90 Å². The van der Waals surface area contributed by atoms with E-state index < -0.39 is 16.4 Å². The van der Waals surface area contributed by atoms with Gasteiger partial charge in [-0.05, 0) is 6.07 Å². The molecule has 9 nitrogen and oxygen atoms in total. The highest BCUT2D eigenvalue weighted by Crippen LogP contribution is 2.34. The molecule has 0 aliphatic carbocycles. The second-order valence-corrected chi connectivity index (χ2v) is 6.01. The Hall–Kier alpha value is -1.94. The zero-order valence-corrected chi connectivity index (χ0v) is 14.4. The van der Waals surface area contributed by atoms with Crippen LogP contribution in [0.1, 0.15) is 5.56 Å². The third-order valence-corrected chi connectivity index (χ3v) is 4.32. The number of nitro benzene ring substituents is 1. The summed E-state index contributed by atoms with van der Waals surface area (Å²) in [5.41, 5.74) is 0.297. The molecular formula is C16H25N3O6. The van der Waals surface area contributed by atoms with Crippen molar-refractivity contribution in [1.29, 1.82) is 0 Å². The molecule has 1 aromatic rings. The summed E-state index contributed by atoms with van der Waals surface area (Å²) >= 11 is 0. The summed E-state index contributed by atoms with van der Waals surface area (Å²) in [6.45, 7) is 6.10. The second-order valence-electron chi connectivity index (χ2n) is 6.01. The minimum Gasteiger partial charge on any atom is -0.865 e. The number of rotatable bonds is 9. The topological polar surface area (TPSA) is 113 Å². The highest BCUT2D eigenvalue weighted by molar-refractivity contribution is 5.56. The van der Waals surface area contributed by atoms with Crippen LogP contribution in [0.15, 0.2) is 12.1 Å². The van der Waals surface area contributed by atoms with E-state index in [1.165, 1.54) is 18.1 Å². The van der Waals surface area contributed by atoms with Crippen LogP contribution in [-0.2, 0) is 11.3 Å². The Morgan fingerprint density at radius 2 is 2.04 bits per heavy atom. The molecule has 1 aliphatic heterocycles. The van der Waals surface area contributed by atoms with E-state index in [4.69, 9.17) is 14.6 Å². The molecule has 1 fully saturated rings. The van der Waals surface area contributed by atoms with Crippen molar-refractivity contribution < 1.29 is 29.5 Å². The Bertz CT molecular complexity index is 575. The molecule has 140 valence electrons. The summed E-state index contributed by atoms with van der Waals surface area (Å²) in [4.78, 5) is 14.0. The number of methoxy groups -OCH3 is 1. The van der Waals surface area contributed by atoms with Crippen molar-refractivity contribution >= 4 is 5.69 Å². The molecular weight excluding hydrogens is 330 g/mol. The lowest BCUT2D eigenvalue weighted by molar-refractivity contribution is -0.918. The molecule has 0 aromatic heterocycles. The van der Waals surface area contributed by atoms with E-state index in [-0.39, 0.29) is 12.4 Å². The normalized spacial score (nSPS) is 16.1. The highest BCUT2D eigenvalue weighted by atomic mass is 16.6. The molecule has 0 unspecified atom stereocenters. The predicted molar refractivity (Wildman–Crippen MR) is 87.8 cm³/mol. The molecule has 0 radical (unpaired) electrons. The number of nitrogens with zero attached hydrogens (tertiary/aromatic N) is 2. The van der Waals surface area contributed by atoms with Crippen LogP contribution >= 0.6 is 0 Å². The van der Waals surface area contributed by atoms with Gasteiger partial charge in [0, 0.05) is 37.0 Å². The fourth-order valence-electron chi connectivity index (χ4n) is 2.95. The van der Waals surface area contributed by atoms with Crippen molar-refractivity contribution in [2.24, 2.45) is 0 Å². The fourth-order valence-corrected chi connectivity index (χ4v) is 2.95. The highest BCUT2D eigenvalue weighted by Gasteiger charge is 2.21. The molecule has 1 aliphatic rings. The van der Waals surface area contributed by atoms with Gasteiger partial charge in [0.15, 0.2) is 0 Å². The number of nitrogens with one attached hydrogen (secondary N) is 1. The summed E-state index contributed by atoms with van der Waals surface area (Å²) in [6, 6.07) is 2.95.